The zero-order chi connectivity index (χ0) is 20.4. The second-order valence-electron chi connectivity index (χ2n) is 6.91. The fourth-order valence-electron chi connectivity index (χ4n) is 3.60. The highest BCUT2D eigenvalue weighted by Gasteiger charge is 2.40. The predicted octanol–water partition coefficient (Wildman–Crippen LogP) is 3.63. The fraction of sp³-hybridized carbons (Fsp3) is 0.190. The van der Waals surface area contributed by atoms with Crippen molar-refractivity contribution < 1.29 is 17.2 Å². The van der Waals surface area contributed by atoms with E-state index in [0.29, 0.717) is 5.69 Å². The zero-order valence-electron chi connectivity index (χ0n) is 15.4. The first-order valence-corrected chi connectivity index (χ1v) is 10.6. The van der Waals surface area contributed by atoms with Crippen LogP contribution in [-0.2, 0) is 10.0 Å². The number of halogens is 2. The molecule has 1 saturated heterocycles. The summed E-state index contributed by atoms with van der Waals surface area (Å²) in [5.74, 6) is -2.04. The molecule has 29 heavy (non-hydrogen) atoms. The van der Waals surface area contributed by atoms with Crippen LogP contribution in [0.25, 0.3) is 0 Å². The molecule has 2 aromatic carbocycles. The summed E-state index contributed by atoms with van der Waals surface area (Å²) in [6, 6.07) is 15.9. The normalized spacial score (nSPS) is 19.9. The molecule has 5 nitrogen and oxygen atoms in total. The van der Waals surface area contributed by atoms with Gasteiger partial charge in [0, 0.05) is 49.2 Å². The average molecular weight is 415 g/mol. The molecule has 4 rings (SSSR count). The lowest BCUT2D eigenvalue weighted by Gasteiger charge is -2.21. The molecule has 1 N–H and O–H groups in total. The summed E-state index contributed by atoms with van der Waals surface area (Å²) in [4.78, 5) is 4.03. The number of hydrogen-bond acceptors (Lipinski definition) is 4. The number of hydrogen-bond donors (Lipinski definition) is 1. The van der Waals surface area contributed by atoms with Crippen LogP contribution in [0.2, 0.25) is 0 Å². The van der Waals surface area contributed by atoms with Crippen molar-refractivity contribution in [3.8, 4) is 0 Å². The van der Waals surface area contributed by atoms with Gasteiger partial charge in [-0.1, -0.05) is 30.3 Å². The second kappa shape index (κ2) is 7.88. The molecule has 1 aliphatic rings. The van der Waals surface area contributed by atoms with Gasteiger partial charge in [-0.2, -0.15) is 4.31 Å². The van der Waals surface area contributed by atoms with Gasteiger partial charge in [-0.05, 0) is 29.8 Å². The van der Waals surface area contributed by atoms with Crippen molar-refractivity contribution in [2.24, 2.45) is 0 Å². The molecule has 3 aromatic rings. The average Bonchev–Trinajstić information content (AvgIpc) is 3.17. The fourth-order valence-corrected chi connectivity index (χ4v) is 5.05. The molecule has 0 saturated carbocycles. The largest absolute Gasteiger partial charge is 0.380 e. The first-order chi connectivity index (χ1) is 13.9. The molecule has 1 aromatic heterocycles. The van der Waals surface area contributed by atoms with E-state index in [0.717, 1.165) is 17.7 Å². The highest BCUT2D eigenvalue weighted by molar-refractivity contribution is 7.89. The highest BCUT2D eigenvalue weighted by atomic mass is 32.2. The number of pyridine rings is 1. The Morgan fingerprint density at radius 2 is 1.76 bits per heavy atom. The molecule has 1 aliphatic heterocycles. The molecule has 0 bridgehead atoms. The van der Waals surface area contributed by atoms with E-state index < -0.39 is 21.7 Å². The van der Waals surface area contributed by atoms with Crippen LogP contribution in [-0.4, -0.2) is 36.8 Å². The van der Waals surface area contributed by atoms with Crippen LogP contribution in [0.5, 0.6) is 0 Å². The lowest BCUT2D eigenvalue weighted by molar-refractivity contribution is 0.471. The molecule has 0 aliphatic carbocycles. The van der Waals surface area contributed by atoms with Gasteiger partial charge in [0.2, 0.25) is 10.0 Å². The maximum Gasteiger partial charge on any atom is 0.244 e. The number of nitrogens with zero attached hydrogens (tertiary/aromatic N) is 2. The van der Waals surface area contributed by atoms with Crippen molar-refractivity contribution in [2.45, 2.75) is 16.9 Å². The van der Waals surface area contributed by atoms with E-state index in [1.165, 1.54) is 28.8 Å². The van der Waals surface area contributed by atoms with Crippen molar-refractivity contribution in [1.82, 2.24) is 9.29 Å². The lowest BCUT2D eigenvalue weighted by atomic mass is 9.94. The van der Waals surface area contributed by atoms with Crippen LogP contribution in [0.15, 0.2) is 78.0 Å². The minimum atomic E-state index is -3.72. The Labute approximate surface area is 168 Å². The summed E-state index contributed by atoms with van der Waals surface area (Å²) in [7, 11) is -3.72. The monoisotopic (exact) mass is 415 g/mol. The molecule has 0 unspecified atom stereocenters. The summed E-state index contributed by atoms with van der Waals surface area (Å²) in [6.07, 6.45) is 2.84. The Morgan fingerprint density at radius 1 is 0.966 bits per heavy atom. The summed E-state index contributed by atoms with van der Waals surface area (Å²) in [6.45, 7) is 0.457. The first-order valence-electron chi connectivity index (χ1n) is 9.12. The van der Waals surface area contributed by atoms with E-state index in [1.54, 1.807) is 6.07 Å². The van der Waals surface area contributed by atoms with Gasteiger partial charge in [0.1, 0.15) is 4.90 Å². The third-order valence-corrected chi connectivity index (χ3v) is 6.87. The Bertz CT molecular complexity index is 1100. The molecule has 0 amide bonds. The zero-order valence-corrected chi connectivity index (χ0v) is 16.2. The van der Waals surface area contributed by atoms with Gasteiger partial charge in [0.25, 0.3) is 0 Å². The summed E-state index contributed by atoms with van der Waals surface area (Å²) in [5, 5.41) is 3.18. The van der Waals surface area contributed by atoms with Crippen molar-refractivity contribution >= 4 is 15.7 Å². The van der Waals surface area contributed by atoms with Gasteiger partial charge in [0.15, 0.2) is 11.6 Å². The van der Waals surface area contributed by atoms with E-state index in [4.69, 9.17) is 0 Å². The number of anilines is 1. The van der Waals surface area contributed by atoms with Crippen LogP contribution in [0, 0.1) is 11.6 Å². The summed E-state index contributed by atoms with van der Waals surface area (Å²) in [5.41, 5.74) is 1.37. The summed E-state index contributed by atoms with van der Waals surface area (Å²) >= 11 is 0. The maximum atomic E-state index is 13.6. The maximum absolute atomic E-state index is 13.6. The number of aromatic nitrogens is 1. The van der Waals surface area contributed by atoms with Crippen molar-refractivity contribution in [1.29, 1.82) is 0 Å². The van der Waals surface area contributed by atoms with Gasteiger partial charge < -0.3 is 5.32 Å². The van der Waals surface area contributed by atoms with Crippen LogP contribution < -0.4 is 5.32 Å². The quantitative estimate of drug-likeness (QED) is 0.691. The van der Waals surface area contributed by atoms with Crippen molar-refractivity contribution in [3.63, 3.8) is 0 Å². The van der Waals surface area contributed by atoms with E-state index in [2.05, 4.69) is 10.3 Å². The van der Waals surface area contributed by atoms with Crippen LogP contribution in [0.3, 0.4) is 0 Å². The molecular weight excluding hydrogens is 396 g/mol. The Kier molecular flexibility index (Phi) is 5.29. The highest BCUT2D eigenvalue weighted by Crippen LogP contribution is 2.33. The Morgan fingerprint density at radius 3 is 2.45 bits per heavy atom. The van der Waals surface area contributed by atoms with Crippen LogP contribution >= 0.6 is 0 Å². The standard InChI is InChI=1S/C21H19F2N3O2S/c22-19-9-8-16(11-20(19)23)25-21-14-26(13-18(21)15-5-2-1-3-6-15)29(27,28)17-7-4-10-24-12-17/h1-12,18,21,25H,13-14H2/t18-,21+/m1/s1. The number of benzene rings is 2. The van der Waals surface area contributed by atoms with Gasteiger partial charge in [-0.3, -0.25) is 4.98 Å². The third-order valence-electron chi connectivity index (χ3n) is 5.06. The molecule has 1 fully saturated rings. The molecule has 150 valence electrons. The molecular formula is C21H19F2N3O2S. The van der Waals surface area contributed by atoms with E-state index in [9.17, 15) is 17.2 Å². The Hall–Kier alpha value is -2.84. The molecule has 2 atom stereocenters. The smallest absolute Gasteiger partial charge is 0.244 e. The molecule has 8 heteroatoms. The van der Waals surface area contributed by atoms with Gasteiger partial charge >= 0.3 is 0 Å². The van der Waals surface area contributed by atoms with Crippen LogP contribution in [0.4, 0.5) is 14.5 Å². The van der Waals surface area contributed by atoms with E-state index in [-0.39, 0.29) is 29.9 Å². The van der Waals surface area contributed by atoms with Gasteiger partial charge in [-0.25, -0.2) is 17.2 Å². The first kappa shape index (κ1) is 19.5. The Balaban J connectivity index is 1.65. The van der Waals surface area contributed by atoms with Gasteiger partial charge in [0.05, 0.1) is 0 Å². The SMILES string of the molecule is O=S(=O)(c1cccnc1)N1C[C@H](Nc2ccc(F)c(F)c2)[C@@H](c2ccccc2)C1. The van der Waals surface area contributed by atoms with E-state index in [1.807, 2.05) is 30.3 Å². The molecule has 0 spiro atoms. The topological polar surface area (TPSA) is 62.3 Å². The number of nitrogens with one attached hydrogen (secondary N) is 1. The number of sulfonamides is 1. The van der Waals surface area contributed by atoms with Crippen molar-refractivity contribution in [2.75, 3.05) is 18.4 Å². The van der Waals surface area contributed by atoms with Crippen molar-refractivity contribution in [3.05, 3.63) is 90.3 Å². The second-order valence-corrected chi connectivity index (χ2v) is 8.85. The van der Waals surface area contributed by atoms with Gasteiger partial charge in [-0.15, -0.1) is 0 Å². The number of rotatable bonds is 5. The lowest BCUT2D eigenvalue weighted by Crippen LogP contribution is -2.32. The third kappa shape index (κ3) is 3.99. The molecule has 2 heterocycles. The van der Waals surface area contributed by atoms with E-state index >= 15 is 0 Å². The minimum Gasteiger partial charge on any atom is -0.380 e. The summed E-state index contributed by atoms with van der Waals surface area (Å²) < 4.78 is 54.4. The predicted molar refractivity (Wildman–Crippen MR) is 106 cm³/mol. The van der Waals surface area contributed by atoms with Crippen LogP contribution in [0.1, 0.15) is 11.5 Å². The minimum absolute atomic E-state index is 0.125. The molecule has 0 radical (unpaired) electrons.